The number of esters is 1. The van der Waals surface area contributed by atoms with Crippen LogP contribution in [0.2, 0.25) is 0 Å². The van der Waals surface area contributed by atoms with Crippen LogP contribution in [0, 0.1) is 11.2 Å². The summed E-state index contributed by atoms with van der Waals surface area (Å²) in [6.45, 7) is 8.20. The van der Waals surface area contributed by atoms with Gasteiger partial charge in [0.2, 0.25) is 5.91 Å². The molecule has 2 aromatic rings. The average molecular weight is 521 g/mol. The number of halogens is 1. The van der Waals surface area contributed by atoms with Gasteiger partial charge in [0.1, 0.15) is 17.7 Å². The summed E-state index contributed by atoms with van der Waals surface area (Å²) in [7, 11) is -4.06. The summed E-state index contributed by atoms with van der Waals surface area (Å²) in [4.78, 5) is 23.9. The first kappa shape index (κ1) is 27.4. The van der Waals surface area contributed by atoms with Crippen molar-refractivity contribution in [3.63, 3.8) is 0 Å². The van der Waals surface area contributed by atoms with Crippen molar-refractivity contribution >= 4 is 27.6 Å². The van der Waals surface area contributed by atoms with Crippen LogP contribution in [0.1, 0.15) is 46.1 Å². The Labute approximate surface area is 211 Å². The van der Waals surface area contributed by atoms with Gasteiger partial charge in [-0.2, -0.15) is 0 Å². The molecule has 0 saturated heterocycles. The Morgan fingerprint density at radius 3 is 2.50 bits per heavy atom. The normalized spacial score (nSPS) is 15.6. The van der Waals surface area contributed by atoms with Crippen LogP contribution in [0.3, 0.4) is 0 Å². The van der Waals surface area contributed by atoms with E-state index in [2.05, 4.69) is 5.32 Å². The van der Waals surface area contributed by atoms with Crippen molar-refractivity contribution in [2.45, 2.75) is 58.0 Å². The van der Waals surface area contributed by atoms with Gasteiger partial charge in [-0.05, 0) is 47.4 Å². The number of carbonyl (C=O) groups excluding carboxylic acids is 2. The molecule has 0 spiro atoms. The lowest BCUT2D eigenvalue weighted by molar-refractivity contribution is -0.145. The number of benzene rings is 2. The maximum atomic E-state index is 13.6. The smallest absolute Gasteiger partial charge is 0.310 e. The summed E-state index contributed by atoms with van der Waals surface area (Å²) in [5, 5.41) is 2.77. The lowest BCUT2D eigenvalue weighted by Crippen LogP contribution is -2.44. The molecule has 196 valence electrons. The fourth-order valence-electron chi connectivity index (χ4n) is 3.59. The summed E-state index contributed by atoms with van der Waals surface area (Å²) in [5.74, 6) is -0.730. The third-order valence-electron chi connectivity index (χ3n) is 5.48. The Hall–Kier alpha value is -3.14. The highest BCUT2D eigenvalue weighted by Gasteiger charge is 2.35. The first-order valence-corrected chi connectivity index (χ1v) is 13.3. The zero-order valence-corrected chi connectivity index (χ0v) is 21.9. The number of hydrogen-bond acceptors (Lipinski definition) is 6. The van der Waals surface area contributed by atoms with Crippen molar-refractivity contribution in [1.29, 1.82) is 0 Å². The Balaban J connectivity index is 1.89. The maximum Gasteiger partial charge on any atom is 0.310 e. The zero-order chi connectivity index (χ0) is 26.5. The molecule has 0 saturated carbocycles. The topological polar surface area (TPSA) is 102 Å². The van der Waals surface area contributed by atoms with Gasteiger partial charge in [-0.25, -0.2) is 12.8 Å². The van der Waals surface area contributed by atoms with Crippen LogP contribution in [0.15, 0.2) is 47.4 Å². The summed E-state index contributed by atoms with van der Waals surface area (Å²) in [5.41, 5.74) is 0.684. The van der Waals surface area contributed by atoms with Gasteiger partial charge in [0.05, 0.1) is 30.2 Å². The molecule has 0 radical (unpaired) electrons. The first-order valence-electron chi connectivity index (χ1n) is 11.9. The second-order valence-electron chi connectivity index (χ2n) is 9.92. The summed E-state index contributed by atoms with van der Waals surface area (Å²) in [6, 6.07) is 9.53. The molecule has 1 aliphatic heterocycles. The maximum absolute atomic E-state index is 13.6. The van der Waals surface area contributed by atoms with Crippen LogP contribution in [0.4, 0.5) is 10.1 Å². The summed E-state index contributed by atoms with van der Waals surface area (Å²) < 4.78 is 53.2. The van der Waals surface area contributed by atoms with Crippen molar-refractivity contribution in [3.05, 3.63) is 53.8 Å². The van der Waals surface area contributed by atoms with Gasteiger partial charge in [0.25, 0.3) is 10.0 Å². The molecule has 1 heterocycles. The number of ether oxygens (including phenoxy) is 2. The van der Waals surface area contributed by atoms with E-state index in [4.69, 9.17) is 9.47 Å². The SMILES string of the molecule is CCC(=O)NCC[C@H]1CN(S(=O)(=O)c2ccc(F)cc2)c2cc(CC(=O)OCC(C)(C)C)ccc2O1. The zero-order valence-electron chi connectivity index (χ0n) is 21.0. The third kappa shape index (κ3) is 7.19. The highest BCUT2D eigenvalue weighted by atomic mass is 32.2. The number of anilines is 1. The van der Waals surface area contributed by atoms with Crippen molar-refractivity contribution in [2.75, 3.05) is 24.0 Å². The van der Waals surface area contributed by atoms with Crippen LogP contribution in [-0.2, 0) is 30.8 Å². The second kappa shape index (κ2) is 11.3. The number of fused-ring (bicyclic) bond motifs is 1. The minimum atomic E-state index is -4.06. The minimum Gasteiger partial charge on any atom is -0.486 e. The van der Waals surface area contributed by atoms with Crippen molar-refractivity contribution in [1.82, 2.24) is 5.32 Å². The molecular weight excluding hydrogens is 487 g/mol. The van der Waals surface area contributed by atoms with E-state index in [1.807, 2.05) is 20.8 Å². The molecule has 8 nitrogen and oxygen atoms in total. The van der Waals surface area contributed by atoms with E-state index < -0.39 is 27.9 Å². The van der Waals surface area contributed by atoms with E-state index >= 15 is 0 Å². The van der Waals surface area contributed by atoms with Gasteiger partial charge in [-0.1, -0.05) is 33.8 Å². The largest absolute Gasteiger partial charge is 0.486 e. The van der Waals surface area contributed by atoms with Crippen molar-refractivity contribution in [3.8, 4) is 5.75 Å². The molecule has 36 heavy (non-hydrogen) atoms. The quantitative estimate of drug-likeness (QED) is 0.505. The van der Waals surface area contributed by atoms with Crippen LogP contribution < -0.4 is 14.4 Å². The molecule has 10 heteroatoms. The Morgan fingerprint density at radius 1 is 1.17 bits per heavy atom. The van der Waals surface area contributed by atoms with Crippen LogP contribution in [0.25, 0.3) is 0 Å². The third-order valence-corrected chi connectivity index (χ3v) is 7.27. The summed E-state index contributed by atoms with van der Waals surface area (Å²) >= 11 is 0. The molecule has 1 N–H and O–H groups in total. The number of sulfonamides is 1. The molecule has 0 unspecified atom stereocenters. The van der Waals surface area contributed by atoms with E-state index in [-0.39, 0.29) is 41.5 Å². The van der Waals surface area contributed by atoms with E-state index in [1.54, 1.807) is 25.1 Å². The van der Waals surface area contributed by atoms with Crippen molar-refractivity contribution < 1.29 is 31.9 Å². The van der Waals surface area contributed by atoms with Gasteiger partial charge in [-0.15, -0.1) is 0 Å². The average Bonchev–Trinajstić information content (AvgIpc) is 2.82. The van der Waals surface area contributed by atoms with Gasteiger partial charge in [-0.3, -0.25) is 13.9 Å². The molecule has 0 aliphatic carbocycles. The Morgan fingerprint density at radius 2 is 1.86 bits per heavy atom. The predicted molar refractivity (Wildman–Crippen MR) is 134 cm³/mol. The van der Waals surface area contributed by atoms with E-state index in [0.29, 0.717) is 30.7 Å². The molecule has 0 fully saturated rings. The van der Waals surface area contributed by atoms with Crippen LogP contribution >= 0.6 is 0 Å². The molecule has 0 aromatic heterocycles. The number of amides is 1. The molecule has 2 aromatic carbocycles. The number of carbonyl (C=O) groups is 2. The predicted octanol–water partition coefficient (Wildman–Crippen LogP) is 3.83. The van der Waals surface area contributed by atoms with E-state index in [9.17, 15) is 22.4 Å². The fraction of sp³-hybridized carbons (Fsp3) is 0.462. The Kier molecular flexibility index (Phi) is 8.60. The molecule has 1 atom stereocenters. The molecule has 0 bridgehead atoms. The molecule has 1 aliphatic rings. The summed E-state index contributed by atoms with van der Waals surface area (Å²) in [6.07, 6.45) is 0.190. The standard InChI is InChI=1S/C26H33FN2O6S/c1-5-24(30)28-13-12-20-16-29(36(32,33)21-9-7-19(27)8-10-21)22-14-18(6-11-23(22)35-20)15-25(31)34-17-26(2,3)4/h6-11,14,20H,5,12-13,15-17H2,1-4H3,(H,28,30)/t20-/m0/s1. The molecule has 1 amide bonds. The highest BCUT2D eigenvalue weighted by Crippen LogP contribution is 2.38. The van der Waals surface area contributed by atoms with Gasteiger partial charge >= 0.3 is 5.97 Å². The van der Waals surface area contributed by atoms with Gasteiger partial charge < -0.3 is 14.8 Å². The monoisotopic (exact) mass is 520 g/mol. The van der Waals surface area contributed by atoms with Crippen LogP contribution in [0.5, 0.6) is 5.75 Å². The number of hydrogen-bond donors (Lipinski definition) is 1. The Bertz CT molecular complexity index is 1190. The molecule has 3 rings (SSSR count). The van der Waals surface area contributed by atoms with Gasteiger partial charge in [0.15, 0.2) is 0 Å². The highest BCUT2D eigenvalue weighted by molar-refractivity contribution is 7.92. The van der Waals surface area contributed by atoms with E-state index in [0.717, 1.165) is 12.1 Å². The number of nitrogens with zero attached hydrogens (tertiary/aromatic N) is 1. The van der Waals surface area contributed by atoms with Crippen molar-refractivity contribution in [2.24, 2.45) is 5.41 Å². The molecular formula is C26H33FN2O6S. The van der Waals surface area contributed by atoms with E-state index in [1.165, 1.54) is 16.4 Å². The second-order valence-corrected chi connectivity index (χ2v) is 11.8. The fourth-order valence-corrected chi connectivity index (χ4v) is 5.09. The van der Waals surface area contributed by atoms with Gasteiger partial charge in [0, 0.05) is 19.4 Å². The lowest BCUT2D eigenvalue weighted by atomic mass is 9.99. The lowest BCUT2D eigenvalue weighted by Gasteiger charge is -2.36. The van der Waals surface area contributed by atoms with Crippen LogP contribution in [-0.4, -0.2) is 46.1 Å². The number of rotatable bonds is 9. The first-order chi connectivity index (χ1) is 16.9. The number of nitrogens with one attached hydrogen (secondary N) is 1. The minimum absolute atomic E-state index is 0.00731.